The summed E-state index contributed by atoms with van der Waals surface area (Å²) in [4.78, 5) is 11.7. The summed E-state index contributed by atoms with van der Waals surface area (Å²) in [5.41, 5.74) is 3.78. The van der Waals surface area contributed by atoms with Gasteiger partial charge in [0.1, 0.15) is 0 Å². The van der Waals surface area contributed by atoms with Gasteiger partial charge in [0, 0.05) is 9.13 Å². The summed E-state index contributed by atoms with van der Waals surface area (Å²) in [5.74, 6) is -0.557. The average molecular weight is 380 g/mol. The molecule has 2 aromatic rings. The Hall–Kier alpha value is -1.73. The molecule has 0 aliphatic rings. The van der Waals surface area contributed by atoms with Crippen molar-refractivity contribution in [3.8, 4) is 0 Å². The molecule has 0 heterocycles. The predicted octanol–water partition coefficient (Wildman–Crippen LogP) is 2.47. The number of aliphatic hydroxyl groups is 1. The van der Waals surface area contributed by atoms with Crippen LogP contribution in [0.25, 0.3) is 0 Å². The third-order valence-corrected chi connectivity index (χ3v) is 3.63. The highest BCUT2D eigenvalue weighted by atomic mass is 127. The Morgan fingerprint density at radius 3 is 2.50 bits per heavy atom. The van der Waals surface area contributed by atoms with Crippen molar-refractivity contribution in [1.29, 1.82) is 0 Å². The molecule has 2 N–H and O–H groups in total. The van der Waals surface area contributed by atoms with E-state index in [1.165, 1.54) is 0 Å². The van der Waals surface area contributed by atoms with E-state index in [2.05, 4.69) is 33.1 Å². The van der Waals surface area contributed by atoms with E-state index in [-0.39, 0.29) is 0 Å². The Morgan fingerprint density at radius 1 is 1.15 bits per heavy atom. The lowest BCUT2D eigenvalue weighted by Gasteiger charge is -2.08. The van der Waals surface area contributed by atoms with Crippen LogP contribution in [0.15, 0.2) is 59.7 Å². The first-order valence-electron chi connectivity index (χ1n) is 5.99. The lowest BCUT2D eigenvalue weighted by molar-refractivity contribution is -0.129. The number of aliphatic hydroxyl groups excluding tert-OH is 1. The lowest BCUT2D eigenvalue weighted by Crippen LogP contribution is -2.25. The standard InChI is InChI=1S/C15H13IN2O2/c16-13-9-5-4-8-12(13)10-17-18-15(20)14(19)11-6-2-1-3-7-11/h1-10,14,19H,(H,18,20). The molecular formula is C15H13IN2O2. The largest absolute Gasteiger partial charge is 0.378 e. The van der Waals surface area contributed by atoms with Gasteiger partial charge in [0.05, 0.1) is 6.21 Å². The van der Waals surface area contributed by atoms with Gasteiger partial charge in [-0.25, -0.2) is 5.43 Å². The van der Waals surface area contributed by atoms with E-state index >= 15 is 0 Å². The second-order valence-corrected chi connectivity index (χ2v) is 5.23. The molecule has 5 heteroatoms. The minimum atomic E-state index is -1.22. The molecule has 2 rings (SSSR count). The molecule has 1 unspecified atom stereocenters. The zero-order valence-corrected chi connectivity index (χ0v) is 12.7. The first-order valence-corrected chi connectivity index (χ1v) is 7.07. The van der Waals surface area contributed by atoms with Gasteiger partial charge < -0.3 is 5.11 Å². The van der Waals surface area contributed by atoms with Crippen molar-refractivity contribution in [2.24, 2.45) is 5.10 Å². The number of nitrogens with one attached hydrogen (secondary N) is 1. The summed E-state index contributed by atoms with van der Waals surface area (Å²) in [6.07, 6.45) is 0.334. The Labute approximate surface area is 130 Å². The first kappa shape index (κ1) is 14.7. The molecule has 1 atom stereocenters. The molecule has 0 saturated carbocycles. The third-order valence-electron chi connectivity index (χ3n) is 2.65. The molecule has 0 saturated heterocycles. The van der Waals surface area contributed by atoms with E-state index in [1.54, 1.807) is 30.5 Å². The van der Waals surface area contributed by atoms with Crippen molar-refractivity contribution < 1.29 is 9.90 Å². The van der Waals surface area contributed by atoms with Crippen molar-refractivity contribution in [3.05, 3.63) is 69.3 Å². The number of carbonyl (C=O) groups excluding carboxylic acids is 1. The van der Waals surface area contributed by atoms with Gasteiger partial charge in [-0.1, -0.05) is 48.5 Å². The number of benzene rings is 2. The van der Waals surface area contributed by atoms with E-state index < -0.39 is 12.0 Å². The first-order chi connectivity index (χ1) is 9.68. The maximum Gasteiger partial charge on any atom is 0.273 e. The summed E-state index contributed by atoms with van der Waals surface area (Å²) >= 11 is 2.19. The van der Waals surface area contributed by atoms with Gasteiger partial charge in [-0.15, -0.1) is 0 Å². The molecule has 0 aromatic heterocycles. The molecule has 2 aromatic carbocycles. The maximum atomic E-state index is 11.7. The van der Waals surface area contributed by atoms with Gasteiger partial charge in [-0.3, -0.25) is 4.79 Å². The molecule has 20 heavy (non-hydrogen) atoms. The van der Waals surface area contributed by atoms with Crippen LogP contribution in [0.1, 0.15) is 17.2 Å². The highest BCUT2D eigenvalue weighted by molar-refractivity contribution is 14.1. The number of halogens is 1. The van der Waals surface area contributed by atoms with E-state index in [0.29, 0.717) is 5.56 Å². The number of nitrogens with zero attached hydrogens (tertiary/aromatic N) is 1. The Balaban J connectivity index is 1.97. The van der Waals surface area contributed by atoms with Crippen molar-refractivity contribution in [2.75, 3.05) is 0 Å². The normalized spacial score (nSPS) is 12.3. The maximum absolute atomic E-state index is 11.7. The lowest BCUT2D eigenvalue weighted by atomic mass is 10.1. The SMILES string of the molecule is O=C(NN=Cc1ccccc1I)C(O)c1ccccc1. The second kappa shape index (κ2) is 7.16. The summed E-state index contributed by atoms with van der Waals surface area (Å²) in [7, 11) is 0. The number of rotatable bonds is 4. The van der Waals surface area contributed by atoms with E-state index in [9.17, 15) is 9.90 Å². The van der Waals surface area contributed by atoms with Crippen molar-refractivity contribution >= 4 is 34.7 Å². The fourth-order valence-electron chi connectivity index (χ4n) is 1.59. The van der Waals surface area contributed by atoms with E-state index in [4.69, 9.17) is 0 Å². The quantitative estimate of drug-likeness (QED) is 0.487. The number of carbonyl (C=O) groups is 1. The van der Waals surface area contributed by atoms with E-state index in [0.717, 1.165) is 9.13 Å². The molecular weight excluding hydrogens is 367 g/mol. The van der Waals surface area contributed by atoms with Crippen LogP contribution in [-0.2, 0) is 4.79 Å². The van der Waals surface area contributed by atoms with Gasteiger partial charge in [0.2, 0.25) is 0 Å². The van der Waals surface area contributed by atoms with Gasteiger partial charge >= 0.3 is 0 Å². The second-order valence-electron chi connectivity index (χ2n) is 4.07. The van der Waals surface area contributed by atoms with Crippen LogP contribution in [0.3, 0.4) is 0 Å². The smallest absolute Gasteiger partial charge is 0.273 e. The molecule has 0 fully saturated rings. The third kappa shape index (κ3) is 3.88. The van der Waals surface area contributed by atoms with Gasteiger partial charge in [-0.2, -0.15) is 5.10 Å². The van der Waals surface area contributed by atoms with Crippen LogP contribution >= 0.6 is 22.6 Å². The van der Waals surface area contributed by atoms with Gasteiger partial charge in [-0.05, 0) is 34.2 Å². The zero-order chi connectivity index (χ0) is 14.4. The van der Waals surface area contributed by atoms with Gasteiger partial charge in [0.25, 0.3) is 5.91 Å². The minimum Gasteiger partial charge on any atom is -0.378 e. The van der Waals surface area contributed by atoms with Crippen LogP contribution < -0.4 is 5.43 Å². The van der Waals surface area contributed by atoms with Crippen LogP contribution in [-0.4, -0.2) is 17.2 Å². The molecule has 0 spiro atoms. The molecule has 4 nitrogen and oxygen atoms in total. The minimum absolute atomic E-state index is 0.537. The fraction of sp³-hybridized carbons (Fsp3) is 0.0667. The molecule has 0 radical (unpaired) electrons. The Kier molecular flexibility index (Phi) is 5.25. The predicted molar refractivity (Wildman–Crippen MR) is 86.3 cm³/mol. The summed E-state index contributed by atoms with van der Waals surface area (Å²) in [5, 5.41) is 13.7. The number of hydrazone groups is 1. The van der Waals surface area contributed by atoms with Crippen molar-refractivity contribution in [2.45, 2.75) is 6.10 Å². The van der Waals surface area contributed by atoms with Crippen LogP contribution in [0.4, 0.5) is 0 Å². The monoisotopic (exact) mass is 380 g/mol. The average Bonchev–Trinajstić information content (AvgIpc) is 2.49. The number of hydrogen-bond acceptors (Lipinski definition) is 3. The number of hydrogen-bond donors (Lipinski definition) is 2. The Morgan fingerprint density at radius 2 is 1.80 bits per heavy atom. The highest BCUT2D eigenvalue weighted by Crippen LogP contribution is 2.12. The molecule has 1 amide bonds. The molecule has 0 aliphatic heterocycles. The summed E-state index contributed by atoms with van der Waals surface area (Å²) < 4.78 is 1.03. The number of amides is 1. The molecule has 0 aliphatic carbocycles. The van der Waals surface area contributed by atoms with Crippen LogP contribution in [0, 0.1) is 3.57 Å². The topological polar surface area (TPSA) is 61.7 Å². The Bertz CT molecular complexity index is 614. The summed E-state index contributed by atoms with van der Waals surface area (Å²) in [6, 6.07) is 16.4. The van der Waals surface area contributed by atoms with E-state index in [1.807, 2.05) is 30.3 Å². The molecule has 0 bridgehead atoms. The molecule has 102 valence electrons. The van der Waals surface area contributed by atoms with Crippen molar-refractivity contribution in [1.82, 2.24) is 5.43 Å². The van der Waals surface area contributed by atoms with Crippen LogP contribution in [0.2, 0.25) is 0 Å². The van der Waals surface area contributed by atoms with Crippen LogP contribution in [0.5, 0.6) is 0 Å². The van der Waals surface area contributed by atoms with Crippen molar-refractivity contribution in [3.63, 3.8) is 0 Å². The summed E-state index contributed by atoms with van der Waals surface area (Å²) in [6.45, 7) is 0. The zero-order valence-electron chi connectivity index (χ0n) is 10.5. The van der Waals surface area contributed by atoms with Gasteiger partial charge in [0.15, 0.2) is 6.10 Å². The highest BCUT2D eigenvalue weighted by Gasteiger charge is 2.15. The fourth-order valence-corrected chi connectivity index (χ4v) is 2.12.